The van der Waals surface area contributed by atoms with Crippen LogP contribution in [-0.2, 0) is 0 Å². The average Bonchev–Trinajstić information content (AvgIpc) is 2.68. The molecular formula is C21H18N6O6. The van der Waals surface area contributed by atoms with Crippen molar-refractivity contribution < 1.29 is 30.6 Å². The molecule has 0 saturated heterocycles. The fraction of sp³-hybridized carbons (Fsp3) is 0. The van der Waals surface area contributed by atoms with Crippen LogP contribution >= 0.6 is 0 Å². The summed E-state index contributed by atoms with van der Waals surface area (Å²) in [7, 11) is 0. The molecule has 0 aliphatic heterocycles. The van der Waals surface area contributed by atoms with Gasteiger partial charge in [-0.1, -0.05) is 0 Å². The summed E-state index contributed by atoms with van der Waals surface area (Å²) in [6.07, 6.45) is 0. The molecule has 4 aromatic rings. The minimum absolute atomic E-state index is 0.0114. The molecule has 12 heteroatoms. The molecule has 0 saturated carbocycles. The highest BCUT2D eigenvalue weighted by atomic mass is 16.3. The number of nitrogens with one attached hydrogen (secondary N) is 3. The van der Waals surface area contributed by atoms with Crippen LogP contribution in [0.5, 0.6) is 34.5 Å². The van der Waals surface area contributed by atoms with E-state index in [1.54, 1.807) is 0 Å². The minimum atomic E-state index is -0.254. The van der Waals surface area contributed by atoms with Gasteiger partial charge in [0.15, 0.2) is 0 Å². The van der Waals surface area contributed by atoms with Crippen molar-refractivity contribution in [2.75, 3.05) is 16.0 Å². The molecule has 33 heavy (non-hydrogen) atoms. The Morgan fingerprint density at radius 2 is 0.879 bits per heavy atom. The van der Waals surface area contributed by atoms with Gasteiger partial charge in [-0.2, -0.15) is 15.0 Å². The van der Waals surface area contributed by atoms with Gasteiger partial charge in [-0.05, 0) is 12.1 Å². The molecule has 0 bridgehead atoms. The first kappa shape index (κ1) is 21.1. The van der Waals surface area contributed by atoms with E-state index in [0.29, 0.717) is 0 Å². The number of hydrogen-bond acceptors (Lipinski definition) is 12. The lowest BCUT2D eigenvalue weighted by atomic mass is 10.3. The molecule has 0 fully saturated rings. The summed E-state index contributed by atoms with van der Waals surface area (Å²) in [6.45, 7) is 0. The molecule has 0 atom stereocenters. The van der Waals surface area contributed by atoms with Gasteiger partial charge in [0, 0.05) is 53.8 Å². The topological polar surface area (TPSA) is 196 Å². The fourth-order valence-electron chi connectivity index (χ4n) is 2.88. The Bertz CT molecular complexity index is 1220. The molecule has 0 spiro atoms. The van der Waals surface area contributed by atoms with Gasteiger partial charge in [-0.25, -0.2) is 0 Å². The summed E-state index contributed by atoms with van der Waals surface area (Å²) < 4.78 is 0. The first-order valence-electron chi connectivity index (χ1n) is 9.39. The second-order valence-corrected chi connectivity index (χ2v) is 6.86. The Morgan fingerprint density at radius 3 is 1.30 bits per heavy atom. The van der Waals surface area contributed by atoms with E-state index in [2.05, 4.69) is 30.9 Å². The third-order valence-corrected chi connectivity index (χ3v) is 4.18. The van der Waals surface area contributed by atoms with Gasteiger partial charge in [-0.15, -0.1) is 0 Å². The van der Waals surface area contributed by atoms with Gasteiger partial charge in [0.1, 0.15) is 34.5 Å². The van der Waals surface area contributed by atoms with E-state index in [9.17, 15) is 30.6 Å². The molecule has 4 rings (SSSR count). The molecule has 0 amide bonds. The summed E-state index contributed by atoms with van der Waals surface area (Å²) in [4.78, 5) is 12.6. The predicted octanol–water partition coefficient (Wildman–Crippen LogP) is 3.34. The molecule has 168 valence electrons. The zero-order valence-electron chi connectivity index (χ0n) is 16.7. The van der Waals surface area contributed by atoms with Crippen molar-refractivity contribution in [3.05, 3.63) is 54.6 Å². The Balaban J connectivity index is 1.71. The van der Waals surface area contributed by atoms with Crippen molar-refractivity contribution in [1.29, 1.82) is 0 Å². The van der Waals surface area contributed by atoms with E-state index in [-0.39, 0.29) is 69.4 Å². The standard InChI is InChI=1S/C21H18N6O6/c28-12-1-2-17(18(33)9-12)24-21-26-19(22-10-3-13(29)7-14(30)4-10)25-20(27-21)23-11-5-15(31)8-16(32)6-11/h1-9,28-33H,(H3,22,23,24,25,26,27). The maximum atomic E-state index is 10.0. The van der Waals surface area contributed by atoms with Gasteiger partial charge >= 0.3 is 0 Å². The fourth-order valence-corrected chi connectivity index (χ4v) is 2.88. The van der Waals surface area contributed by atoms with Gasteiger partial charge in [0.25, 0.3) is 0 Å². The van der Waals surface area contributed by atoms with Crippen LogP contribution in [0.4, 0.5) is 34.9 Å². The van der Waals surface area contributed by atoms with Gasteiger partial charge in [-0.3, -0.25) is 0 Å². The van der Waals surface area contributed by atoms with Gasteiger partial charge in [0.2, 0.25) is 17.8 Å². The first-order chi connectivity index (χ1) is 15.7. The van der Waals surface area contributed by atoms with Gasteiger partial charge < -0.3 is 46.6 Å². The van der Waals surface area contributed by atoms with Crippen LogP contribution in [-0.4, -0.2) is 45.6 Å². The molecule has 1 aromatic heterocycles. The zero-order chi connectivity index (χ0) is 23.5. The lowest BCUT2D eigenvalue weighted by Crippen LogP contribution is -2.07. The third-order valence-electron chi connectivity index (χ3n) is 4.18. The number of benzene rings is 3. The van der Waals surface area contributed by atoms with Crippen molar-refractivity contribution in [1.82, 2.24) is 15.0 Å². The summed E-state index contributed by atoms with van der Waals surface area (Å²) in [5.41, 5.74) is 0.747. The number of anilines is 6. The Kier molecular flexibility index (Phi) is 5.47. The largest absolute Gasteiger partial charge is 0.508 e. The van der Waals surface area contributed by atoms with E-state index in [4.69, 9.17) is 0 Å². The number of aromatic nitrogens is 3. The summed E-state index contributed by atoms with van der Waals surface area (Å²) in [6, 6.07) is 11.5. The second-order valence-electron chi connectivity index (χ2n) is 6.86. The summed E-state index contributed by atoms with van der Waals surface area (Å²) in [5.74, 6) is -1.18. The van der Waals surface area contributed by atoms with Gasteiger partial charge in [0.05, 0.1) is 5.69 Å². The number of rotatable bonds is 6. The lowest BCUT2D eigenvalue weighted by molar-refractivity contribution is 0.450. The Morgan fingerprint density at radius 1 is 0.455 bits per heavy atom. The predicted molar refractivity (Wildman–Crippen MR) is 119 cm³/mol. The number of phenolic OH excluding ortho intramolecular Hbond substituents is 6. The van der Waals surface area contributed by atoms with Crippen LogP contribution < -0.4 is 16.0 Å². The highest BCUT2D eigenvalue weighted by Crippen LogP contribution is 2.31. The van der Waals surface area contributed by atoms with E-state index < -0.39 is 0 Å². The van der Waals surface area contributed by atoms with Crippen LogP contribution in [0.1, 0.15) is 0 Å². The normalized spacial score (nSPS) is 10.5. The molecule has 12 nitrogen and oxygen atoms in total. The minimum Gasteiger partial charge on any atom is -0.508 e. The Hall–Kier alpha value is -5.13. The maximum absolute atomic E-state index is 10.0. The van der Waals surface area contributed by atoms with Crippen LogP contribution in [0.25, 0.3) is 0 Å². The van der Waals surface area contributed by atoms with E-state index in [1.807, 2.05) is 0 Å². The molecule has 0 aliphatic rings. The second kappa shape index (κ2) is 8.55. The van der Waals surface area contributed by atoms with Crippen molar-refractivity contribution >= 4 is 34.9 Å². The molecule has 0 aliphatic carbocycles. The maximum Gasteiger partial charge on any atom is 0.233 e. The Labute approximate surface area is 186 Å². The number of nitrogens with zero attached hydrogens (tertiary/aromatic N) is 3. The number of hydrogen-bond donors (Lipinski definition) is 9. The third kappa shape index (κ3) is 5.32. The SMILES string of the molecule is Oc1cc(O)cc(Nc2nc(Nc3cc(O)cc(O)c3)nc(Nc3ccc(O)cc3O)n2)c1. The van der Waals surface area contributed by atoms with Crippen LogP contribution in [0.3, 0.4) is 0 Å². The monoisotopic (exact) mass is 450 g/mol. The van der Waals surface area contributed by atoms with Crippen LogP contribution in [0.15, 0.2) is 54.6 Å². The summed E-state index contributed by atoms with van der Waals surface area (Å²) in [5, 5.41) is 66.8. The highest BCUT2D eigenvalue weighted by Gasteiger charge is 2.12. The quantitative estimate of drug-likeness (QED) is 0.154. The summed E-state index contributed by atoms with van der Waals surface area (Å²) >= 11 is 0. The molecule has 3 aromatic carbocycles. The molecule has 0 radical (unpaired) electrons. The van der Waals surface area contributed by atoms with E-state index in [1.165, 1.54) is 36.4 Å². The van der Waals surface area contributed by atoms with Crippen LogP contribution in [0.2, 0.25) is 0 Å². The lowest BCUT2D eigenvalue weighted by Gasteiger charge is -2.13. The molecule has 0 unspecified atom stereocenters. The van der Waals surface area contributed by atoms with E-state index in [0.717, 1.165) is 18.2 Å². The molecular weight excluding hydrogens is 432 g/mol. The molecule has 9 N–H and O–H groups in total. The zero-order valence-corrected chi connectivity index (χ0v) is 16.7. The average molecular weight is 450 g/mol. The van der Waals surface area contributed by atoms with Crippen molar-refractivity contribution in [3.63, 3.8) is 0 Å². The van der Waals surface area contributed by atoms with Crippen molar-refractivity contribution in [2.24, 2.45) is 0 Å². The number of aromatic hydroxyl groups is 6. The smallest absolute Gasteiger partial charge is 0.233 e. The van der Waals surface area contributed by atoms with Crippen LogP contribution in [0, 0.1) is 0 Å². The van der Waals surface area contributed by atoms with Crippen molar-refractivity contribution in [2.45, 2.75) is 0 Å². The molecule has 1 heterocycles. The number of phenols is 6. The van der Waals surface area contributed by atoms with Crippen molar-refractivity contribution in [3.8, 4) is 34.5 Å². The van der Waals surface area contributed by atoms with E-state index >= 15 is 0 Å². The first-order valence-corrected chi connectivity index (χ1v) is 9.39. The highest BCUT2D eigenvalue weighted by molar-refractivity contribution is 5.67.